The number of ketones is 1. The largest absolute Gasteiger partial charge is 0.379 e. The summed E-state index contributed by atoms with van der Waals surface area (Å²) in [6, 6.07) is 17.5. The molecule has 0 bridgehead atoms. The first-order valence-electron chi connectivity index (χ1n) is 10.5. The molecule has 1 saturated heterocycles. The van der Waals surface area contributed by atoms with E-state index in [9.17, 15) is 9.59 Å². The molecule has 2 aromatic rings. The van der Waals surface area contributed by atoms with Gasteiger partial charge in [0.1, 0.15) is 0 Å². The Labute approximate surface area is 178 Å². The van der Waals surface area contributed by atoms with Crippen molar-refractivity contribution >= 4 is 17.4 Å². The first-order chi connectivity index (χ1) is 14.5. The number of amides is 1. The van der Waals surface area contributed by atoms with Crippen LogP contribution >= 0.6 is 0 Å². The van der Waals surface area contributed by atoms with Gasteiger partial charge in [-0.3, -0.25) is 19.4 Å². The molecule has 1 aliphatic heterocycles. The van der Waals surface area contributed by atoms with Gasteiger partial charge in [-0.1, -0.05) is 42.5 Å². The molecule has 0 aliphatic carbocycles. The SMILES string of the molecule is CC(=O)c1cccc(NC(=O)CN(Cc2ccccc2)C(C)CN2CCOCC2)c1. The van der Waals surface area contributed by atoms with Gasteiger partial charge in [0.25, 0.3) is 0 Å². The molecule has 30 heavy (non-hydrogen) atoms. The molecule has 1 aliphatic rings. The molecule has 1 amide bonds. The number of carbonyl (C=O) groups is 2. The Balaban J connectivity index is 1.66. The third-order valence-electron chi connectivity index (χ3n) is 5.38. The predicted octanol–water partition coefficient (Wildman–Crippen LogP) is 3.05. The molecular formula is C24H31N3O3. The minimum absolute atomic E-state index is 0.0177. The fraction of sp³-hybridized carbons (Fsp3) is 0.417. The lowest BCUT2D eigenvalue weighted by Crippen LogP contribution is -2.47. The molecule has 1 N–H and O–H groups in total. The Morgan fingerprint density at radius 1 is 1.10 bits per heavy atom. The predicted molar refractivity (Wildman–Crippen MR) is 119 cm³/mol. The maximum absolute atomic E-state index is 12.8. The van der Waals surface area contributed by atoms with Crippen LogP contribution in [0.2, 0.25) is 0 Å². The highest BCUT2D eigenvalue weighted by atomic mass is 16.5. The highest BCUT2D eigenvalue weighted by Gasteiger charge is 2.21. The molecule has 6 heteroatoms. The van der Waals surface area contributed by atoms with Crippen LogP contribution < -0.4 is 5.32 Å². The Morgan fingerprint density at radius 2 is 1.83 bits per heavy atom. The van der Waals surface area contributed by atoms with E-state index in [-0.39, 0.29) is 24.3 Å². The average molecular weight is 410 g/mol. The molecule has 0 aromatic heterocycles. The van der Waals surface area contributed by atoms with Gasteiger partial charge in [0.15, 0.2) is 5.78 Å². The maximum Gasteiger partial charge on any atom is 0.238 e. The van der Waals surface area contributed by atoms with Crippen LogP contribution in [0.3, 0.4) is 0 Å². The van der Waals surface area contributed by atoms with Gasteiger partial charge in [-0.25, -0.2) is 0 Å². The normalized spacial score (nSPS) is 15.7. The van der Waals surface area contributed by atoms with Crippen molar-refractivity contribution in [2.45, 2.75) is 26.4 Å². The van der Waals surface area contributed by atoms with Crippen LogP contribution in [0.25, 0.3) is 0 Å². The Kier molecular flexibility index (Phi) is 8.13. The topological polar surface area (TPSA) is 61.9 Å². The number of hydrogen-bond acceptors (Lipinski definition) is 5. The van der Waals surface area contributed by atoms with Crippen molar-refractivity contribution in [1.82, 2.24) is 9.80 Å². The number of nitrogens with one attached hydrogen (secondary N) is 1. The highest BCUT2D eigenvalue weighted by Crippen LogP contribution is 2.14. The van der Waals surface area contributed by atoms with Crippen LogP contribution in [-0.4, -0.2) is 66.9 Å². The Hall–Kier alpha value is -2.54. The van der Waals surface area contributed by atoms with Gasteiger partial charge >= 0.3 is 0 Å². The molecule has 1 heterocycles. The highest BCUT2D eigenvalue weighted by molar-refractivity contribution is 5.97. The van der Waals surface area contributed by atoms with E-state index in [1.165, 1.54) is 12.5 Å². The molecule has 0 radical (unpaired) electrons. The molecule has 1 fully saturated rings. The number of anilines is 1. The number of rotatable bonds is 9. The smallest absolute Gasteiger partial charge is 0.238 e. The number of benzene rings is 2. The molecule has 1 atom stereocenters. The zero-order valence-corrected chi connectivity index (χ0v) is 17.8. The van der Waals surface area contributed by atoms with E-state index in [2.05, 4.69) is 34.2 Å². The lowest BCUT2D eigenvalue weighted by atomic mass is 10.1. The van der Waals surface area contributed by atoms with Gasteiger partial charge in [-0.05, 0) is 31.5 Å². The van der Waals surface area contributed by atoms with Gasteiger partial charge in [0.05, 0.1) is 19.8 Å². The van der Waals surface area contributed by atoms with Crippen LogP contribution in [0.4, 0.5) is 5.69 Å². The second-order valence-corrected chi connectivity index (χ2v) is 7.84. The van der Waals surface area contributed by atoms with Crippen molar-refractivity contribution in [3.63, 3.8) is 0 Å². The quantitative estimate of drug-likeness (QED) is 0.645. The fourth-order valence-electron chi connectivity index (χ4n) is 3.66. The van der Waals surface area contributed by atoms with Crippen molar-refractivity contribution in [3.8, 4) is 0 Å². The summed E-state index contributed by atoms with van der Waals surface area (Å²) in [7, 11) is 0. The molecule has 3 rings (SSSR count). The Morgan fingerprint density at radius 3 is 2.53 bits per heavy atom. The molecule has 0 spiro atoms. The summed E-state index contributed by atoms with van der Waals surface area (Å²) >= 11 is 0. The van der Waals surface area contributed by atoms with E-state index in [4.69, 9.17) is 4.74 Å². The number of nitrogens with zero attached hydrogens (tertiary/aromatic N) is 2. The van der Waals surface area contributed by atoms with Gasteiger partial charge in [-0.2, -0.15) is 0 Å². The number of morpholine rings is 1. The second kappa shape index (κ2) is 11.0. The van der Waals surface area contributed by atoms with E-state index in [0.717, 1.165) is 32.8 Å². The van der Waals surface area contributed by atoms with E-state index >= 15 is 0 Å². The molecule has 2 aromatic carbocycles. The van der Waals surface area contributed by atoms with Gasteiger partial charge in [0, 0.05) is 43.5 Å². The number of carbonyl (C=O) groups excluding carboxylic acids is 2. The molecule has 6 nitrogen and oxygen atoms in total. The van der Waals surface area contributed by atoms with Gasteiger partial charge in [0.2, 0.25) is 5.91 Å². The fourth-order valence-corrected chi connectivity index (χ4v) is 3.66. The minimum atomic E-state index is -0.0829. The van der Waals surface area contributed by atoms with Crippen LogP contribution in [0.15, 0.2) is 54.6 Å². The second-order valence-electron chi connectivity index (χ2n) is 7.84. The first kappa shape index (κ1) is 22.2. The summed E-state index contributed by atoms with van der Waals surface area (Å²) in [5, 5.41) is 2.95. The first-order valence-corrected chi connectivity index (χ1v) is 10.5. The summed E-state index contributed by atoms with van der Waals surface area (Å²) in [6.07, 6.45) is 0. The maximum atomic E-state index is 12.8. The number of ether oxygens (including phenoxy) is 1. The summed E-state index contributed by atoms with van der Waals surface area (Å²) in [5.74, 6) is -0.101. The van der Waals surface area contributed by atoms with Gasteiger partial charge < -0.3 is 10.1 Å². The van der Waals surface area contributed by atoms with Crippen LogP contribution in [0.5, 0.6) is 0 Å². The van der Waals surface area contributed by atoms with E-state index in [1.807, 2.05) is 24.3 Å². The summed E-state index contributed by atoms with van der Waals surface area (Å²) in [6.45, 7) is 8.94. The zero-order valence-electron chi connectivity index (χ0n) is 17.8. The van der Waals surface area contributed by atoms with Crippen LogP contribution in [0.1, 0.15) is 29.8 Å². The van der Waals surface area contributed by atoms with E-state index in [0.29, 0.717) is 17.8 Å². The average Bonchev–Trinajstić information content (AvgIpc) is 2.75. The monoisotopic (exact) mass is 409 g/mol. The van der Waals surface area contributed by atoms with Crippen molar-refractivity contribution < 1.29 is 14.3 Å². The van der Waals surface area contributed by atoms with Crippen LogP contribution in [0, 0.1) is 0 Å². The standard InChI is InChI=1S/C24H31N3O3/c1-19(16-26-11-13-30-14-12-26)27(17-21-7-4-3-5-8-21)18-24(29)25-23-10-6-9-22(15-23)20(2)28/h3-10,15,19H,11-14,16-18H2,1-2H3,(H,25,29). The third-order valence-corrected chi connectivity index (χ3v) is 5.38. The lowest BCUT2D eigenvalue weighted by molar-refractivity contribution is -0.118. The summed E-state index contributed by atoms with van der Waals surface area (Å²) < 4.78 is 5.45. The molecular weight excluding hydrogens is 378 g/mol. The van der Waals surface area contributed by atoms with Crippen molar-refractivity contribution in [3.05, 3.63) is 65.7 Å². The summed E-state index contributed by atoms with van der Waals surface area (Å²) in [4.78, 5) is 29.0. The summed E-state index contributed by atoms with van der Waals surface area (Å²) in [5.41, 5.74) is 2.42. The molecule has 0 saturated carbocycles. The van der Waals surface area contributed by atoms with Crippen molar-refractivity contribution in [2.75, 3.05) is 44.7 Å². The minimum Gasteiger partial charge on any atom is -0.379 e. The molecule has 1 unspecified atom stereocenters. The molecule has 160 valence electrons. The number of Topliss-reactive ketones (excluding diaryl/α,β-unsaturated/α-hetero) is 1. The van der Waals surface area contributed by atoms with E-state index < -0.39 is 0 Å². The lowest BCUT2D eigenvalue weighted by Gasteiger charge is -2.34. The van der Waals surface area contributed by atoms with Gasteiger partial charge in [-0.15, -0.1) is 0 Å². The third kappa shape index (κ3) is 6.76. The zero-order chi connectivity index (χ0) is 21.3. The Bertz CT molecular complexity index is 835. The van der Waals surface area contributed by atoms with Crippen molar-refractivity contribution in [1.29, 1.82) is 0 Å². The van der Waals surface area contributed by atoms with E-state index in [1.54, 1.807) is 18.2 Å². The number of hydrogen-bond donors (Lipinski definition) is 1. The van der Waals surface area contributed by atoms with Crippen LogP contribution in [-0.2, 0) is 16.1 Å². The van der Waals surface area contributed by atoms with Crippen molar-refractivity contribution in [2.24, 2.45) is 0 Å².